The molecule has 0 fully saturated rings. The van der Waals surface area contributed by atoms with Crippen LogP contribution in [0.25, 0.3) is 0 Å². The molecule has 10 heteroatoms. The number of rotatable bonds is 11. The van der Waals surface area contributed by atoms with E-state index in [0.717, 1.165) is 15.4 Å². The van der Waals surface area contributed by atoms with Gasteiger partial charge in [-0.25, -0.2) is 8.42 Å². The fourth-order valence-electron chi connectivity index (χ4n) is 3.88. The molecular formula is C28H32ClN3O5S. The maximum atomic E-state index is 13.8. The van der Waals surface area contributed by atoms with Crippen LogP contribution in [0.1, 0.15) is 25.0 Å². The average Bonchev–Trinajstić information content (AvgIpc) is 2.90. The molecule has 8 nitrogen and oxygen atoms in total. The number of likely N-dealkylation sites (N-methyl/N-ethyl adjacent to an activating group) is 1. The number of amides is 2. The molecule has 0 aromatic heterocycles. The largest absolute Gasteiger partial charge is 0.497 e. The number of methoxy groups -OCH3 is 1. The Morgan fingerprint density at radius 1 is 1.03 bits per heavy atom. The molecule has 0 heterocycles. The molecule has 0 bridgehead atoms. The monoisotopic (exact) mass is 557 g/mol. The van der Waals surface area contributed by atoms with Gasteiger partial charge < -0.3 is 15.0 Å². The number of hydrogen-bond donors (Lipinski definition) is 1. The third kappa shape index (κ3) is 7.05. The number of anilines is 1. The van der Waals surface area contributed by atoms with E-state index in [1.54, 1.807) is 63.4 Å². The van der Waals surface area contributed by atoms with Gasteiger partial charge in [-0.15, -0.1) is 0 Å². The summed E-state index contributed by atoms with van der Waals surface area (Å²) in [5.41, 5.74) is 1.93. The van der Waals surface area contributed by atoms with Gasteiger partial charge in [0.2, 0.25) is 11.8 Å². The molecule has 0 aliphatic rings. The van der Waals surface area contributed by atoms with Crippen molar-refractivity contribution in [3.05, 3.63) is 88.9 Å². The van der Waals surface area contributed by atoms with Gasteiger partial charge in [0.1, 0.15) is 18.3 Å². The van der Waals surface area contributed by atoms with Crippen LogP contribution in [-0.4, -0.2) is 51.4 Å². The van der Waals surface area contributed by atoms with Crippen molar-refractivity contribution >= 4 is 39.1 Å². The molecule has 0 unspecified atom stereocenters. The molecule has 3 aromatic rings. The zero-order valence-corrected chi connectivity index (χ0v) is 23.4. The van der Waals surface area contributed by atoms with E-state index in [9.17, 15) is 18.0 Å². The summed E-state index contributed by atoms with van der Waals surface area (Å²) in [6, 6.07) is 18.9. The summed E-state index contributed by atoms with van der Waals surface area (Å²) in [4.78, 5) is 28.0. The number of nitrogens with zero attached hydrogens (tertiary/aromatic N) is 2. The Morgan fingerprint density at radius 2 is 1.68 bits per heavy atom. The lowest BCUT2D eigenvalue weighted by atomic mass is 10.1. The molecule has 0 radical (unpaired) electrons. The highest BCUT2D eigenvalue weighted by Crippen LogP contribution is 2.26. The highest BCUT2D eigenvalue weighted by atomic mass is 35.5. The molecule has 1 atom stereocenters. The van der Waals surface area contributed by atoms with Gasteiger partial charge in [0, 0.05) is 18.1 Å². The number of ether oxygens (including phenoxy) is 1. The number of carbonyl (C=O) groups is 2. The molecule has 1 N–H and O–H groups in total. The standard InChI is InChI=1S/C28H32ClN3O5S/c1-5-30-28(34)21(3)31(18-22-9-13-25(37-4)14-10-22)27(33)19-32(24-8-6-7-20(2)17-24)38(35,36)26-15-11-23(29)12-16-26/h6-17,21H,5,18-19H2,1-4H3,(H,30,34)/t21-/m0/s1. The number of benzene rings is 3. The van der Waals surface area contributed by atoms with Gasteiger partial charge in [0.25, 0.3) is 10.0 Å². The van der Waals surface area contributed by atoms with Crippen LogP contribution in [0.15, 0.2) is 77.7 Å². The van der Waals surface area contributed by atoms with E-state index in [0.29, 0.717) is 23.0 Å². The van der Waals surface area contributed by atoms with E-state index in [1.807, 2.05) is 13.0 Å². The van der Waals surface area contributed by atoms with Gasteiger partial charge in [-0.2, -0.15) is 0 Å². The van der Waals surface area contributed by atoms with E-state index in [2.05, 4.69) is 5.32 Å². The van der Waals surface area contributed by atoms with Crippen LogP contribution in [0.5, 0.6) is 5.75 Å². The summed E-state index contributed by atoms with van der Waals surface area (Å²) >= 11 is 5.98. The number of halogens is 1. The lowest BCUT2D eigenvalue weighted by molar-refractivity contribution is -0.139. The summed E-state index contributed by atoms with van der Waals surface area (Å²) in [6.45, 7) is 5.24. The quantitative estimate of drug-likeness (QED) is 0.377. The van der Waals surface area contributed by atoms with Gasteiger partial charge in [0.05, 0.1) is 17.7 Å². The van der Waals surface area contributed by atoms with Crippen molar-refractivity contribution in [2.45, 2.75) is 38.3 Å². The molecule has 0 aliphatic carbocycles. The van der Waals surface area contributed by atoms with Crippen molar-refractivity contribution in [3.8, 4) is 5.75 Å². The van der Waals surface area contributed by atoms with Crippen molar-refractivity contribution in [2.24, 2.45) is 0 Å². The van der Waals surface area contributed by atoms with Gasteiger partial charge in [-0.05, 0) is 80.4 Å². The first-order valence-corrected chi connectivity index (χ1v) is 13.9. The summed E-state index contributed by atoms with van der Waals surface area (Å²) in [5, 5.41) is 3.13. The summed E-state index contributed by atoms with van der Waals surface area (Å²) in [6.07, 6.45) is 0. The van der Waals surface area contributed by atoms with Crippen molar-refractivity contribution in [3.63, 3.8) is 0 Å². The molecule has 0 saturated heterocycles. The lowest BCUT2D eigenvalue weighted by Crippen LogP contribution is -2.51. The Morgan fingerprint density at radius 3 is 2.26 bits per heavy atom. The molecule has 38 heavy (non-hydrogen) atoms. The molecule has 0 saturated carbocycles. The third-order valence-corrected chi connectivity index (χ3v) is 8.04. The first kappa shape index (κ1) is 29.0. The van der Waals surface area contributed by atoms with Crippen molar-refractivity contribution in [2.75, 3.05) is 24.5 Å². The van der Waals surface area contributed by atoms with Crippen LogP contribution in [0, 0.1) is 6.92 Å². The fourth-order valence-corrected chi connectivity index (χ4v) is 5.41. The molecule has 3 rings (SSSR count). The predicted octanol–water partition coefficient (Wildman–Crippen LogP) is 4.41. The Labute approximate surface area is 229 Å². The van der Waals surface area contributed by atoms with Crippen molar-refractivity contribution < 1.29 is 22.7 Å². The zero-order valence-electron chi connectivity index (χ0n) is 21.8. The number of nitrogens with one attached hydrogen (secondary N) is 1. The maximum Gasteiger partial charge on any atom is 0.264 e. The first-order valence-electron chi connectivity index (χ1n) is 12.1. The van der Waals surface area contributed by atoms with Gasteiger partial charge in [-0.1, -0.05) is 35.9 Å². The van der Waals surface area contributed by atoms with Crippen molar-refractivity contribution in [1.82, 2.24) is 10.2 Å². The summed E-state index contributed by atoms with van der Waals surface area (Å²) < 4.78 is 33.8. The average molecular weight is 558 g/mol. The third-order valence-electron chi connectivity index (χ3n) is 6.00. The molecule has 3 aromatic carbocycles. The molecule has 2 amide bonds. The van der Waals surface area contributed by atoms with Gasteiger partial charge in [-0.3, -0.25) is 13.9 Å². The van der Waals surface area contributed by atoms with E-state index in [-0.39, 0.29) is 17.3 Å². The highest BCUT2D eigenvalue weighted by Gasteiger charge is 2.32. The zero-order chi connectivity index (χ0) is 27.9. The van der Waals surface area contributed by atoms with Crippen LogP contribution in [-0.2, 0) is 26.2 Å². The minimum atomic E-state index is -4.14. The number of sulfonamides is 1. The summed E-state index contributed by atoms with van der Waals surface area (Å²) in [5.74, 6) is -0.210. The van der Waals surface area contributed by atoms with Gasteiger partial charge in [0.15, 0.2) is 0 Å². The van der Waals surface area contributed by atoms with Crippen LogP contribution in [0.4, 0.5) is 5.69 Å². The molecule has 0 spiro atoms. The molecule has 202 valence electrons. The second-order valence-corrected chi connectivity index (χ2v) is 11.0. The number of hydrogen-bond acceptors (Lipinski definition) is 5. The minimum Gasteiger partial charge on any atom is -0.497 e. The number of carbonyl (C=O) groups excluding carboxylic acids is 2. The van der Waals surface area contributed by atoms with Gasteiger partial charge >= 0.3 is 0 Å². The molecule has 0 aliphatic heterocycles. The van der Waals surface area contributed by atoms with Crippen LogP contribution in [0.2, 0.25) is 5.02 Å². The topological polar surface area (TPSA) is 96.0 Å². The lowest BCUT2D eigenvalue weighted by Gasteiger charge is -2.32. The fraction of sp³-hybridized carbons (Fsp3) is 0.286. The minimum absolute atomic E-state index is 0.00492. The highest BCUT2D eigenvalue weighted by molar-refractivity contribution is 7.92. The Hall–Kier alpha value is -3.56. The number of aryl methyl sites for hydroxylation is 1. The second-order valence-electron chi connectivity index (χ2n) is 8.74. The van der Waals surface area contributed by atoms with Crippen LogP contribution >= 0.6 is 11.6 Å². The van der Waals surface area contributed by atoms with E-state index in [1.165, 1.54) is 29.2 Å². The Bertz CT molecular complexity index is 1360. The smallest absolute Gasteiger partial charge is 0.264 e. The van der Waals surface area contributed by atoms with E-state index in [4.69, 9.17) is 16.3 Å². The first-order chi connectivity index (χ1) is 18.1. The SMILES string of the molecule is CCNC(=O)[C@H](C)N(Cc1ccc(OC)cc1)C(=O)CN(c1cccc(C)c1)S(=O)(=O)c1ccc(Cl)cc1. The predicted molar refractivity (Wildman–Crippen MR) is 149 cm³/mol. The maximum absolute atomic E-state index is 13.8. The summed E-state index contributed by atoms with van der Waals surface area (Å²) in [7, 11) is -2.59. The molecular weight excluding hydrogens is 526 g/mol. The van der Waals surface area contributed by atoms with E-state index >= 15 is 0 Å². The van der Waals surface area contributed by atoms with Crippen molar-refractivity contribution in [1.29, 1.82) is 0 Å². The Kier molecular flexibility index (Phi) is 9.77. The van der Waals surface area contributed by atoms with Crippen LogP contribution < -0.4 is 14.4 Å². The normalized spacial score (nSPS) is 11.9. The van der Waals surface area contributed by atoms with E-state index < -0.39 is 28.5 Å². The van der Waals surface area contributed by atoms with Crippen LogP contribution in [0.3, 0.4) is 0 Å². The Balaban J connectivity index is 2.02. The second kappa shape index (κ2) is 12.8.